The van der Waals surface area contributed by atoms with Crippen molar-refractivity contribution in [3.8, 4) is 0 Å². The van der Waals surface area contributed by atoms with Gasteiger partial charge in [-0.15, -0.1) is 0 Å². The third kappa shape index (κ3) is 2.78. The molecule has 0 aromatic carbocycles. The van der Waals surface area contributed by atoms with E-state index in [0.29, 0.717) is 0 Å². The third-order valence-corrected chi connectivity index (χ3v) is 1.35. The fraction of sp³-hybridized carbons (Fsp3) is 0. The molecule has 8 nitrogen and oxygen atoms in total. The number of rotatable bonds is 2. The van der Waals surface area contributed by atoms with Crippen molar-refractivity contribution in [2.45, 2.75) is 0 Å². The Kier molecular flexibility index (Phi) is 4.46. The van der Waals surface area contributed by atoms with Crippen molar-refractivity contribution < 1.29 is 19.8 Å². The number of carboxylic acid groups (broad SMARTS) is 2. The monoisotopic (exact) mass is 222 g/mol. The summed E-state index contributed by atoms with van der Waals surface area (Å²) in [6.45, 7) is 0. The number of nitrogens with zero attached hydrogens (tertiary/aromatic N) is 2. The first-order chi connectivity index (χ1) is 6.43. The molecule has 0 saturated carbocycles. The normalized spacial score (nSPS) is 9.07. The average Bonchev–Trinajstić information content (AvgIpc) is 2.07. The predicted molar refractivity (Wildman–Crippen MR) is 51.9 cm³/mol. The zero-order valence-electron chi connectivity index (χ0n) is 6.76. The van der Waals surface area contributed by atoms with Crippen LogP contribution in [0.1, 0.15) is 21.0 Å². The van der Waals surface area contributed by atoms with Crippen molar-refractivity contribution in [1.29, 1.82) is 0 Å². The van der Waals surface area contributed by atoms with Crippen LogP contribution in [0.5, 0.6) is 0 Å². The topological polar surface area (TPSA) is 152 Å². The van der Waals surface area contributed by atoms with Gasteiger partial charge in [0.05, 0.1) is 0 Å². The molecule has 6 N–H and O–H groups in total. The van der Waals surface area contributed by atoms with Crippen molar-refractivity contribution in [3.63, 3.8) is 0 Å². The van der Waals surface area contributed by atoms with E-state index in [4.69, 9.17) is 21.7 Å². The van der Waals surface area contributed by atoms with Crippen LogP contribution >= 0.6 is 0 Å². The molecule has 1 aromatic heterocycles. The average molecular weight is 222 g/mol. The van der Waals surface area contributed by atoms with E-state index in [2.05, 4.69) is 9.97 Å². The van der Waals surface area contributed by atoms with Gasteiger partial charge < -0.3 is 21.7 Å². The Bertz CT molecular complexity index is 382. The first-order valence-corrected chi connectivity index (χ1v) is 3.33. The summed E-state index contributed by atoms with van der Waals surface area (Å²) in [5.74, 6) is -3.80. The van der Waals surface area contributed by atoms with Crippen LogP contribution in [0.3, 0.4) is 0 Å². The second-order valence-electron chi connectivity index (χ2n) is 2.30. The zero-order valence-corrected chi connectivity index (χ0v) is 6.76. The van der Waals surface area contributed by atoms with E-state index in [1.165, 1.54) is 0 Å². The molecule has 15 heavy (non-hydrogen) atoms. The predicted octanol–water partition coefficient (Wildman–Crippen LogP) is -1.61. The fourth-order valence-corrected chi connectivity index (χ4v) is 0.776. The van der Waals surface area contributed by atoms with Gasteiger partial charge in [-0.05, 0) is 0 Å². The molecule has 0 aliphatic rings. The minimum absolute atomic E-state index is 0. The van der Waals surface area contributed by atoms with Gasteiger partial charge in [-0.3, -0.25) is 0 Å². The quantitative estimate of drug-likeness (QED) is 0.436. The van der Waals surface area contributed by atoms with Crippen LogP contribution in [-0.2, 0) is 0 Å². The molecule has 0 unspecified atom stereocenters. The molecule has 0 fully saturated rings. The summed E-state index contributed by atoms with van der Waals surface area (Å²) in [5.41, 5.74) is 9.19. The van der Waals surface area contributed by atoms with E-state index >= 15 is 0 Å². The molecule has 1 rings (SSSR count). The Balaban J connectivity index is 0.00000196. The van der Waals surface area contributed by atoms with Crippen molar-refractivity contribution in [2.75, 3.05) is 11.5 Å². The van der Waals surface area contributed by atoms with Gasteiger partial charge in [0.15, 0.2) is 23.0 Å². The van der Waals surface area contributed by atoms with Crippen molar-refractivity contribution in [1.82, 2.24) is 9.97 Å². The van der Waals surface area contributed by atoms with Crippen LogP contribution < -0.4 is 11.5 Å². The van der Waals surface area contributed by atoms with E-state index in [9.17, 15) is 9.59 Å². The van der Waals surface area contributed by atoms with Gasteiger partial charge in [0, 0.05) is 0 Å². The summed E-state index contributed by atoms with van der Waals surface area (Å²) in [6, 6.07) is 0. The number of nitrogen functional groups attached to an aromatic ring is 2. The summed E-state index contributed by atoms with van der Waals surface area (Å²) in [7, 11) is 0. The van der Waals surface area contributed by atoms with Gasteiger partial charge in [-0.1, -0.05) is 0 Å². The summed E-state index contributed by atoms with van der Waals surface area (Å²) < 4.78 is 0. The van der Waals surface area contributed by atoms with Gasteiger partial charge >= 0.3 is 41.5 Å². The second kappa shape index (κ2) is 4.91. The summed E-state index contributed by atoms with van der Waals surface area (Å²) in [4.78, 5) is 27.5. The molecule has 0 bridgehead atoms. The Labute approximate surface area is 106 Å². The molecule has 0 aliphatic carbocycles. The van der Waals surface area contributed by atoms with Crippen LogP contribution in [0.4, 0.5) is 11.6 Å². The van der Waals surface area contributed by atoms with E-state index < -0.39 is 35.0 Å². The van der Waals surface area contributed by atoms with E-state index in [1.54, 1.807) is 0 Å². The van der Waals surface area contributed by atoms with E-state index in [-0.39, 0.29) is 29.6 Å². The number of aromatic nitrogens is 2. The van der Waals surface area contributed by atoms with Crippen molar-refractivity contribution >= 4 is 53.1 Å². The van der Waals surface area contributed by atoms with Gasteiger partial charge in [0.25, 0.3) is 0 Å². The number of anilines is 2. The van der Waals surface area contributed by atoms with Crippen LogP contribution in [0.25, 0.3) is 0 Å². The number of hydrogen-bond acceptors (Lipinski definition) is 6. The maximum atomic E-state index is 10.5. The Morgan fingerprint density at radius 2 is 1.20 bits per heavy atom. The van der Waals surface area contributed by atoms with Gasteiger partial charge in [0.1, 0.15) is 0 Å². The molecule has 0 atom stereocenters. The first-order valence-electron chi connectivity index (χ1n) is 3.33. The van der Waals surface area contributed by atoms with E-state index in [1.807, 2.05) is 0 Å². The molecule has 0 aliphatic heterocycles. The summed E-state index contributed by atoms with van der Waals surface area (Å²) >= 11 is 0. The van der Waals surface area contributed by atoms with Crippen LogP contribution in [-0.4, -0.2) is 61.7 Å². The van der Waals surface area contributed by atoms with Gasteiger partial charge in [-0.2, -0.15) is 0 Å². The van der Waals surface area contributed by atoms with E-state index in [0.717, 1.165) is 0 Å². The number of nitrogens with two attached hydrogens (primary N) is 2. The van der Waals surface area contributed by atoms with Crippen LogP contribution in [0, 0.1) is 0 Å². The van der Waals surface area contributed by atoms with Gasteiger partial charge in [0.2, 0.25) is 0 Å². The zero-order chi connectivity index (χ0) is 10.9. The van der Waals surface area contributed by atoms with Gasteiger partial charge in [-0.25, -0.2) is 19.6 Å². The maximum absolute atomic E-state index is 10.5. The Morgan fingerprint density at radius 3 is 1.40 bits per heavy atom. The number of carbonyl (C=O) groups is 2. The fourth-order valence-electron chi connectivity index (χ4n) is 0.776. The molecular formula is C6H7N4NaO4. The first kappa shape index (κ1) is 13.6. The van der Waals surface area contributed by atoms with Crippen molar-refractivity contribution in [2.24, 2.45) is 0 Å². The number of hydrogen-bond donors (Lipinski definition) is 4. The molecule has 0 saturated heterocycles. The summed E-state index contributed by atoms with van der Waals surface area (Å²) in [5, 5.41) is 17.1. The Hall–Kier alpha value is -1.38. The molecule has 1 aromatic rings. The molecule has 0 amide bonds. The number of aromatic carboxylic acids is 2. The molecule has 1 heterocycles. The Morgan fingerprint density at radius 1 is 0.933 bits per heavy atom. The molecule has 76 valence electrons. The molecular weight excluding hydrogens is 215 g/mol. The number of carboxylic acids is 2. The van der Waals surface area contributed by atoms with Crippen LogP contribution in [0.15, 0.2) is 0 Å². The van der Waals surface area contributed by atoms with Crippen molar-refractivity contribution in [3.05, 3.63) is 11.4 Å². The SMILES string of the molecule is Nc1nc(C(=O)O)c(N)nc1C(=O)O.[NaH]. The van der Waals surface area contributed by atoms with Crippen LogP contribution in [0.2, 0.25) is 0 Å². The minimum atomic E-state index is -1.42. The standard InChI is InChI=1S/C6H6N4O4.Na.H/c7-3-1(5(11)12)9-4(8)2(10-3)6(13)14;;/h(H2,8,9)(H2,7,10)(H,11,12)(H,13,14);;. The molecule has 9 heteroatoms. The summed E-state index contributed by atoms with van der Waals surface area (Å²) in [6.07, 6.45) is 0. The second-order valence-corrected chi connectivity index (χ2v) is 2.30. The molecule has 0 radical (unpaired) electrons. The third-order valence-electron chi connectivity index (χ3n) is 1.35. The molecule has 0 spiro atoms.